The highest BCUT2D eigenvalue weighted by atomic mass is 15.4. The molecule has 1 aliphatic heterocycles. The molecule has 3 rings (SSSR count). The summed E-state index contributed by atoms with van der Waals surface area (Å²) in [5, 5.41) is 4.43. The topological polar surface area (TPSA) is 69.6 Å². The van der Waals surface area contributed by atoms with Gasteiger partial charge in [0.2, 0.25) is 0 Å². The van der Waals surface area contributed by atoms with Crippen LogP contribution in [0.15, 0.2) is 24.4 Å². The number of hydrogen-bond acceptors (Lipinski definition) is 4. The summed E-state index contributed by atoms with van der Waals surface area (Å²) in [5.74, 6) is 1.56. The van der Waals surface area contributed by atoms with Crippen LogP contribution in [0.5, 0.6) is 0 Å². The van der Waals surface area contributed by atoms with E-state index in [0.29, 0.717) is 5.82 Å². The van der Waals surface area contributed by atoms with Crippen LogP contribution in [0.1, 0.15) is 24.7 Å². The van der Waals surface area contributed by atoms with Crippen molar-refractivity contribution < 1.29 is 0 Å². The first-order chi connectivity index (χ1) is 7.84. The molecule has 2 aromatic rings. The molecule has 0 saturated heterocycles. The van der Waals surface area contributed by atoms with Gasteiger partial charge in [-0.2, -0.15) is 0 Å². The van der Waals surface area contributed by atoms with Crippen molar-refractivity contribution in [2.75, 3.05) is 0 Å². The Morgan fingerprint density at radius 1 is 1.38 bits per heavy atom. The van der Waals surface area contributed by atoms with E-state index in [4.69, 9.17) is 5.73 Å². The van der Waals surface area contributed by atoms with Crippen molar-refractivity contribution in [2.24, 2.45) is 5.73 Å². The fourth-order valence-corrected chi connectivity index (χ4v) is 1.99. The SMILES string of the molecule is NC1CCCn2nc(-c3ccccn3)nc21. The van der Waals surface area contributed by atoms with E-state index in [9.17, 15) is 0 Å². The molecule has 0 bridgehead atoms. The highest BCUT2D eigenvalue weighted by Gasteiger charge is 2.21. The van der Waals surface area contributed by atoms with Crippen molar-refractivity contribution in [2.45, 2.75) is 25.4 Å². The number of aromatic nitrogens is 4. The van der Waals surface area contributed by atoms with Gasteiger partial charge >= 0.3 is 0 Å². The second-order valence-electron chi connectivity index (χ2n) is 3.98. The van der Waals surface area contributed by atoms with E-state index in [1.807, 2.05) is 22.9 Å². The van der Waals surface area contributed by atoms with Crippen LogP contribution in [-0.4, -0.2) is 19.7 Å². The standard InChI is InChI=1S/C11H13N5/c12-8-4-3-7-16-11(8)14-10(15-16)9-5-1-2-6-13-9/h1-2,5-6,8H,3-4,7,12H2. The lowest BCUT2D eigenvalue weighted by molar-refractivity contribution is 0.422. The first-order valence-corrected chi connectivity index (χ1v) is 5.46. The van der Waals surface area contributed by atoms with E-state index >= 15 is 0 Å². The monoisotopic (exact) mass is 215 g/mol. The summed E-state index contributed by atoms with van der Waals surface area (Å²) < 4.78 is 1.90. The number of fused-ring (bicyclic) bond motifs is 1. The summed E-state index contributed by atoms with van der Waals surface area (Å²) in [6.45, 7) is 0.906. The van der Waals surface area contributed by atoms with Gasteiger partial charge in [0.05, 0.1) is 6.04 Å². The molecule has 0 aromatic carbocycles. The third-order valence-corrected chi connectivity index (χ3v) is 2.81. The summed E-state index contributed by atoms with van der Waals surface area (Å²) in [7, 11) is 0. The van der Waals surface area contributed by atoms with E-state index in [0.717, 1.165) is 30.9 Å². The van der Waals surface area contributed by atoms with Gasteiger partial charge in [-0.1, -0.05) is 6.07 Å². The minimum absolute atomic E-state index is 0.0127. The lowest BCUT2D eigenvalue weighted by atomic mass is 10.1. The highest BCUT2D eigenvalue weighted by molar-refractivity contribution is 5.47. The Labute approximate surface area is 93.3 Å². The van der Waals surface area contributed by atoms with Crippen LogP contribution < -0.4 is 5.73 Å². The van der Waals surface area contributed by atoms with Crippen molar-refractivity contribution >= 4 is 0 Å². The lowest BCUT2D eigenvalue weighted by Crippen LogP contribution is -2.22. The van der Waals surface area contributed by atoms with Gasteiger partial charge in [0.25, 0.3) is 0 Å². The number of rotatable bonds is 1. The number of nitrogens with zero attached hydrogens (tertiary/aromatic N) is 4. The number of hydrogen-bond donors (Lipinski definition) is 1. The molecule has 82 valence electrons. The van der Waals surface area contributed by atoms with Gasteiger partial charge in [0.15, 0.2) is 5.82 Å². The van der Waals surface area contributed by atoms with Crippen molar-refractivity contribution in [1.29, 1.82) is 0 Å². The number of pyridine rings is 1. The third kappa shape index (κ3) is 1.49. The van der Waals surface area contributed by atoms with Crippen LogP contribution >= 0.6 is 0 Å². The zero-order valence-corrected chi connectivity index (χ0v) is 8.87. The summed E-state index contributed by atoms with van der Waals surface area (Å²) in [6.07, 6.45) is 3.80. The lowest BCUT2D eigenvalue weighted by Gasteiger charge is -2.17. The van der Waals surface area contributed by atoms with Gasteiger partial charge in [-0.25, -0.2) is 9.67 Å². The molecule has 2 N–H and O–H groups in total. The molecule has 0 aliphatic carbocycles. The quantitative estimate of drug-likeness (QED) is 0.774. The Kier molecular flexibility index (Phi) is 2.18. The van der Waals surface area contributed by atoms with Crippen LogP contribution in [0.3, 0.4) is 0 Å². The van der Waals surface area contributed by atoms with E-state index < -0.39 is 0 Å². The summed E-state index contributed by atoms with van der Waals surface area (Å²) in [5.41, 5.74) is 6.80. The molecule has 5 nitrogen and oxygen atoms in total. The number of nitrogens with two attached hydrogens (primary N) is 1. The average Bonchev–Trinajstić information content (AvgIpc) is 2.76. The molecule has 1 atom stereocenters. The zero-order valence-electron chi connectivity index (χ0n) is 8.87. The maximum atomic E-state index is 5.99. The van der Waals surface area contributed by atoms with Crippen molar-refractivity contribution in [3.63, 3.8) is 0 Å². The van der Waals surface area contributed by atoms with Crippen molar-refractivity contribution in [3.05, 3.63) is 30.2 Å². The predicted molar refractivity (Wildman–Crippen MR) is 59.4 cm³/mol. The minimum atomic E-state index is 0.0127. The Morgan fingerprint density at radius 2 is 2.31 bits per heavy atom. The van der Waals surface area contributed by atoms with Gasteiger partial charge < -0.3 is 5.73 Å². The molecule has 0 fully saturated rings. The van der Waals surface area contributed by atoms with E-state index in [2.05, 4.69) is 15.1 Å². The van der Waals surface area contributed by atoms with Gasteiger partial charge in [-0.3, -0.25) is 4.98 Å². The van der Waals surface area contributed by atoms with Crippen LogP contribution in [0.25, 0.3) is 11.5 Å². The maximum absolute atomic E-state index is 5.99. The first kappa shape index (κ1) is 9.47. The molecule has 5 heteroatoms. The van der Waals surface area contributed by atoms with Crippen LogP contribution in [0.4, 0.5) is 0 Å². The molecular formula is C11H13N5. The molecule has 16 heavy (non-hydrogen) atoms. The molecule has 0 saturated carbocycles. The molecule has 0 spiro atoms. The molecule has 0 radical (unpaired) electrons. The fourth-order valence-electron chi connectivity index (χ4n) is 1.99. The Bertz CT molecular complexity index is 490. The molecule has 1 unspecified atom stereocenters. The first-order valence-electron chi connectivity index (χ1n) is 5.46. The number of aryl methyl sites for hydroxylation is 1. The highest BCUT2D eigenvalue weighted by Crippen LogP contribution is 2.23. The molecule has 2 aromatic heterocycles. The van der Waals surface area contributed by atoms with Crippen LogP contribution in [-0.2, 0) is 6.54 Å². The Hall–Kier alpha value is -1.75. The summed E-state index contributed by atoms with van der Waals surface area (Å²) in [6, 6.07) is 5.74. The Morgan fingerprint density at radius 3 is 3.06 bits per heavy atom. The van der Waals surface area contributed by atoms with E-state index in [1.54, 1.807) is 6.20 Å². The van der Waals surface area contributed by atoms with Gasteiger partial charge in [0, 0.05) is 12.7 Å². The van der Waals surface area contributed by atoms with Crippen LogP contribution in [0.2, 0.25) is 0 Å². The summed E-state index contributed by atoms with van der Waals surface area (Å²) >= 11 is 0. The van der Waals surface area contributed by atoms with Gasteiger partial charge in [-0.05, 0) is 25.0 Å². The fraction of sp³-hybridized carbons (Fsp3) is 0.364. The second-order valence-corrected chi connectivity index (χ2v) is 3.98. The molecular weight excluding hydrogens is 202 g/mol. The van der Waals surface area contributed by atoms with E-state index in [1.165, 1.54) is 0 Å². The normalized spacial score (nSPS) is 19.4. The predicted octanol–water partition coefficient (Wildman–Crippen LogP) is 1.13. The smallest absolute Gasteiger partial charge is 0.200 e. The van der Waals surface area contributed by atoms with Crippen LogP contribution in [0, 0.1) is 0 Å². The largest absolute Gasteiger partial charge is 0.321 e. The second kappa shape index (κ2) is 3.68. The molecule has 0 amide bonds. The van der Waals surface area contributed by atoms with E-state index in [-0.39, 0.29) is 6.04 Å². The average molecular weight is 215 g/mol. The van der Waals surface area contributed by atoms with Crippen molar-refractivity contribution in [3.8, 4) is 11.5 Å². The third-order valence-electron chi connectivity index (χ3n) is 2.81. The van der Waals surface area contributed by atoms with Gasteiger partial charge in [0.1, 0.15) is 11.5 Å². The Balaban J connectivity index is 2.05. The zero-order chi connectivity index (χ0) is 11.0. The molecule has 3 heterocycles. The summed E-state index contributed by atoms with van der Waals surface area (Å²) in [4.78, 5) is 8.70. The minimum Gasteiger partial charge on any atom is -0.321 e. The maximum Gasteiger partial charge on any atom is 0.200 e. The molecule has 1 aliphatic rings. The van der Waals surface area contributed by atoms with Crippen molar-refractivity contribution in [1.82, 2.24) is 19.7 Å². The van der Waals surface area contributed by atoms with Gasteiger partial charge in [-0.15, -0.1) is 5.10 Å².